The maximum Gasteiger partial charge on any atom is 0.267 e. The van der Waals surface area contributed by atoms with Crippen LogP contribution in [0.5, 0.6) is 0 Å². The van der Waals surface area contributed by atoms with Gasteiger partial charge in [-0.1, -0.05) is 0 Å². The van der Waals surface area contributed by atoms with Crippen LogP contribution in [-0.4, -0.2) is 30.8 Å². The van der Waals surface area contributed by atoms with Crippen LogP contribution in [0.25, 0.3) is 11.3 Å². The van der Waals surface area contributed by atoms with Crippen LogP contribution in [0, 0.1) is 0 Å². The third-order valence-corrected chi connectivity index (χ3v) is 4.96. The summed E-state index contributed by atoms with van der Waals surface area (Å²) in [6.45, 7) is 0.796. The van der Waals surface area contributed by atoms with Gasteiger partial charge in [0.25, 0.3) is 5.56 Å². The molecule has 3 aromatic rings. The van der Waals surface area contributed by atoms with Crippen LogP contribution in [0.3, 0.4) is 0 Å². The second-order valence-electron chi connectivity index (χ2n) is 6.71. The monoisotopic (exact) mass is 350 g/mol. The van der Waals surface area contributed by atoms with E-state index in [0.717, 1.165) is 49.2 Å². The normalized spacial score (nSPS) is 20.2. The SMILES string of the molecule is O=c1ccc(-c2cccnc2)nn1C1CCC(NCc2cnc[nH]2)CC1. The van der Waals surface area contributed by atoms with Crippen molar-refractivity contribution in [3.05, 3.63) is 65.2 Å². The fourth-order valence-corrected chi connectivity index (χ4v) is 3.52. The zero-order valence-electron chi connectivity index (χ0n) is 14.5. The second kappa shape index (κ2) is 7.61. The molecule has 0 saturated heterocycles. The Morgan fingerprint density at radius 3 is 2.73 bits per heavy atom. The fourth-order valence-electron chi connectivity index (χ4n) is 3.52. The molecule has 0 radical (unpaired) electrons. The van der Waals surface area contributed by atoms with Crippen molar-refractivity contribution in [1.82, 2.24) is 30.0 Å². The van der Waals surface area contributed by atoms with Crippen LogP contribution >= 0.6 is 0 Å². The van der Waals surface area contributed by atoms with Gasteiger partial charge in [-0.2, -0.15) is 5.10 Å². The van der Waals surface area contributed by atoms with Crippen LogP contribution in [0.15, 0.2) is 54.0 Å². The minimum Gasteiger partial charge on any atom is -0.347 e. The number of hydrogen-bond donors (Lipinski definition) is 2. The first-order chi connectivity index (χ1) is 12.8. The lowest BCUT2D eigenvalue weighted by Crippen LogP contribution is -2.36. The fraction of sp³-hybridized carbons (Fsp3) is 0.368. The topological polar surface area (TPSA) is 88.5 Å². The molecule has 0 aliphatic heterocycles. The molecule has 7 nitrogen and oxygen atoms in total. The summed E-state index contributed by atoms with van der Waals surface area (Å²) in [6.07, 6.45) is 11.0. The number of aromatic nitrogens is 5. The smallest absolute Gasteiger partial charge is 0.267 e. The Bertz CT molecular complexity index is 882. The first kappa shape index (κ1) is 16.7. The minimum atomic E-state index is -0.0356. The predicted octanol–water partition coefficient (Wildman–Crippen LogP) is 2.30. The molecule has 3 aromatic heterocycles. The number of rotatable bonds is 5. The number of hydrogen-bond acceptors (Lipinski definition) is 5. The minimum absolute atomic E-state index is 0.0356. The number of nitrogens with zero attached hydrogens (tertiary/aromatic N) is 4. The Labute approximate surface area is 151 Å². The largest absolute Gasteiger partial charge is 0.347 e. The van der Waals surface area contributed by atoms with Crippen molar-refractivity contribution in [1.29, 1.82) is 0 Å². The highest BCUT2D eigenvalue weighted by Crippen LogP contribution is 2.27. The van der Waals surface area contributed by atoms with E-state index in [2.05, 4.69) is 25.4 Å². The van der Waals surface area contributed by atoms with E-state index in [1.54, 1.807) is 35.5 Å². The van der Waals surface area contributed by atoms with E-state index < -0.39 is 0 Å². The molecule has 1 aliphatic carbocycles. The lowest BCUT2D eigenvalue weighted by molar-refractivity contribution is 0.269. The van der Waals surface area contributed by atoms with Gasteiger partial charge in [0, 0.05) is 48.5 Å². The molecule has 0 unspecified atom stereocenters. The molecular weight excluding hydrogens is 328 g/mol. The standard InChI is InChI=1S/C19H22N6O/c26-19-8-7-18(14-2-1-9-20-10-14)24-25(19)17-5-3-15(4-6-17)22-12-16-11-21-13-23-16/h1-2,7-11,13,15,17,22H,3-6,12H2,(H,21,23). The highest BCUT2D eigenvalue weighted by atomic mass is 16.1. The van der Waals surface area contributed by atoms with E-state index in [1.165, 1.54) is 0 Å². The molecular formula is C19H22N6O. The van der Waals surface area contributed by atoms with Crippen molar-refractivity contribution < 1.29 is 0 Å². The Morgan fingerprint density at radius 1 is 1.12 bits per heavy atom. The zero-order chi connectivity index (χ0) is 17.8. The average molecular weight is 350 g/mol. The summed E-state index contributed by atoms with van der Waals surface area (Å²) in [5.74, 6) is 0. The third-order valence-electron chi connectivity index (χ3n) is 4.96. The molecule has 7 heteroatoms. The Hall–Kier alpha value is -2.80. The van der Waals surface area contributed by atoms with E-state index in [9.17, 15) is 4.79 Å². The van der Waals surface area contributed by atoms with Crippen molar-refractivity contribution in [3.63, 3.8) is 0 Å². The first-order valence-corrected chi connectivity index (χ1v) is 9.00. The number of imidazole rings is 1. The van der Waals surface area contributed by atoms with Crippen LogP contribution in [0.2, 0.25) is 0 Å². The van der Waals surface area contributed by atoms with E-state index >= 15 is 0 Å². The summed E-state index contributed by atoms with van der Waals surface area (Å²) in [7, 11) is 0. The number of aromatic amines is 1. The summed E-state index contributed by atoms with van der Waals surface area (Å²) in [5.41, 5.74) is 2.77. The van der Waals surface area contributed by atoms with Crippen molar-refractivity contribution in [2.45, 2.75) is 44.3 Å². The molecule has 0 aromatic carbocycles. The van der Waals surface area contributed by atoms with Crippen molar-refractivity contribution in [3.8, 4) is 11.3 Å². The molecule has 2 N–H and O–H groups in total. The number of nitrogens with one attached hydrogen (secondary N) is 2. The Morgan fingerprint density at radius 2 is 2.00 bits per heavy atom. The zero-order valence-corrected chi connectivity index (χ0v) is 14.5. The van der Waals surface area contributed by atoms with E-state index in [0.29, 0.717) is 6.04 Å². The number of H-pyrrole nitrogens is 1. The Kier molecular flexibility index (Phi) is 4.88. The number of pyridine rings is 1. The highest BCUT2D eigenvalue weighted by molar-refractivity contribution is 5.56. The summed E-state index contributed by atoms with van der Waals surface area (Å²) in [5, 5.41) is 8.17. The molecule has 0 spiro atoms. The first-order valence-electron chi connectivity index (χ1n) is 9.00. The lowest BCUT2D eigenvalue weighted by Gasteiger charge is -2.29. The molecule has 0 atom stereocenters. The molecule has 1 aliphatic rings. The third kappa shape index (κ3) is 3.72. The van der Waals surface area contributed by atoms with Crippen molar-refractivity contribution in [2.24, 2.45) is 0 Å². The van der Waals surface area contributed by atoms with Gasteiger partial charge in [-0.25, -0.2) is 9.67 Å². The lowest BCUT2D eigenvalue weighted by atomic mass is 9.91. The maximum absolute atomic E-state index is 12.3. The molecule has 0 bridgehead atoms. The molecule has 3 heterocycles. The molecule has 26 heavy (non-hydrogen) atoms. The van der Waals surface area contributed by atoms with Gasteiger partial charge in [0.15, 0.2) is 0 Å². The highest BCUT2D eigenvalue weighted by Gasteiger charge is 2.23. The quantitative estimate of drug-likeness (QED) is 0.737. The average Bonchev–Trinajstić information content (AvgIpc) is 3.22. The van der Waals surface area contributed by atoms with Gasteiger partial charge < -0.3 is 10.3 Å². The molecule has 1 fully saturated rings. The van der Waals surface area contributed by atoms with E-state index in [1.807, 2.05) is 18.3 Å². The summed E-state index contributed by atoms with van der Waals surface area (Å²) < 4.78 is 1.66. The van der Waals surface area contributed by atoms with E-state index in [-0.39, 0.29) is 11.6 Å². The predicted molar refractivity (Wildman–Crippen MR) is 98.4 cm³/mol. The van der Waals surface area contributed by atoms with Crippen LogP contribution in [0.4, 0.5) is 0 Å². The van der Waals surface area contributed by atoms with Gasteiger partial charge in [-0.15, -0.1) is 0 Å². The molecule has 0 amide bonds. The Balaban J connectivity index is 1.41. The van der Waals surface area contributed by atoms with Crippen LogP contribution in [-0.2, 0) is 6.54 Å². The van der Waals surface area contributed by atoms with Crippen molar-refractivity contribution in [2.75, 3.05) is 0 Å². The molecule has 1 saturated carbocycles. The van der Waals surface area contributed by atoms with Gasteiger partial charge >= 0.3 is 0 Å². The molecule has 4 rings (SSSR count). The van der Waals surface area contributed by atoms with Gasteiger partial charge in [0.05, 0.1) is 18.1 Å². The van der Waals surface area contributed by atoms with Gasteiger partial charge in [0.2, 0.25) is 0 Å². The van der Waals surface area contributed by atoms with Crippen molar-refractivity contribution >= 4 is 0 Å². The van der Waals surface area contributed by atoms with Crippen LogP contribution in [0.1, 0.15) is 37.4 Å². The maximum atomic E-state index is 12.3. The van der Waals surface area contributed by atoms with Crippen LogP contribution < -0.4 is 10.9 Å². The second-order valence-corrected chi connectivity index (χ2v) is 6.71. The molecule has 134 valence electrons. The van der Waals surface area contributed by atoms with Gasteiger partial charge in [-0.05, 0) is 43.9 Å². The summed E-state index contributed by atoms with van der Waals surface area (Å²) in [4.78, 5) is 23.6. The van der Waals surface area contributed by atoms with Gasteiger partial charge in [-0.3, -0.25) is 9.78 Å². The summed E-state index contributed by atoms with van der Waals surface area (Å²) >= 11 is 0. The van der Waals surface area contributed by atoms with E-state index in [4.69, 9.17) is 0 Å². The van der Waals surface area contributed by atoms with Gasteiger partial charge in [0.1, 0.15) is 0 Å². The summed E-state index contributed by atoms with van der Waals surface area (Å²) in [6, 6.07) is 7.84.